The Hall–Kier alpha value is -1.16. The zero-order valence-electron chi connectivity index (χ0n) is 23.2. The minimum Gasteiger partial charge on any atom is -0.393 e. The van der Waals surface area contributed by atoms with Gasteiger partial charge in [-0.05, 0) is 97.5 Å². The van der Waals surface area contributed by atoms with E-state index in [9.17, 15) is 15.3 Å². The standard InChI is InChI=1S/C33H52O3/c1-5-6-7-8-18-33(19-20-33)31(36)16-11-23(2)28-14-15-29-25(10-9-17-32(28,29)4)12-13-26-21-27(34)22-30(35)24(26)3/h11-13,16,23,27-31,34-36H,3,5-10,14-15,17-22H2,1-2,4H3/t23-,27-,28-,29+,30+,31+,32-/m1/s1. The van der Waals surface area contributed by atoms with Gasteiger partial charge in [-0.15, -0.1) is 0 Å². The van der Waals surface area contributed by atoms with E-state index in [0.717, 1.165) is 17.6 Å². The molecule has 3 heteroatoms. The first-order chi connectivity index (χ1) is 17.2. The summed E-state index contributed by atoms with van der Waals surface area (Å²) in [4.78, 5) is 0. The van der Waals surface area contributed by atoms with Gasteiger partial charge in [0.05, 0.1) is 18.3 Å². The van der Waals surface area contributed by atoms with Crippen LogP contribution >= 0.6 is 0 Å². The second-order valence-electron chi connectivity index (χ2n) is 13.0. The summed E-state index contributed by atoms with van der Waals surface area (Å²) in [6, 6.07) is 0. The lowest BCUT2D eigenvalue weighted by Crippen LogP contribution is -2.35. The third kappa shape index (κ3) is 5.94. The number of allylic oxidation sites excluding steroid dienone is 4. The number of unbranched alkanes of at least 4 members (excludes halogenated alkanes) is 3. The van der Waals surface area contributed by atoms with Crippen molar-refractivity contribution >= 4 is 0 Å². The highest BCUT2D eigenvalue weighted by Crippen LogP contribution is 2.60. The van der Waals surface area contributed by atoms with Crippen molar-refractivity contribution in [3.8, 4) is 0 Å². The quantitative estimate of drug-likeness (QED) is 0.218. The van der Waals surface area contributed by atoms with E-state index in [-0.39, 0.29) is 11.5 Å². The molecule has 4 aliphatic carbocycles. The van der Waals surface area contributed by atoms with E-state index in [1.165, 1.54) is 70.6 Å². The van der Waals surface area contributed by atoms with E-state index in [2.05, 4.69) is 51.7 Å². The third-order valence-corrected chi connectivity index (χ3v) is 10.6. The minimum absolute atomic E-state index is 0.171. The van der Waals surface area contributed by atoms with Gasteiger partial charge in [-0.25, -0.2) is 0 Å². The number of rotatable bonds is 10. The van der Waals surface area contributed by atoms with Crippen LogP contribution in [-0.2, 0) is 0 Å². The molecule has 4 rings (SSSR count). The maximum absolute atomic E-state index is 11.0. The number of hydrogen-bond acceptors (Lipinski definition) is 3. The Balaban J connectivity index is 1.40. The summed E-state index contributed by atoms with van der Waals surface area (Å²) in [5.41, 5.74) is 3.80. The lowest BCUT2D eigenvalue weighted by atomic mass is 9.61. The van der Waals surface area contributed by atoms with Crippen LogP contribution in [0.4, 0.5) is 0 Å². The molecule has 0 aromatic carbocycles. The number of hydrogen-bond donors (Lipinski definition) is 3. The molecule has 0 spiro atoms. The molecule has 0 bridgehead atoms. The van der Waals surface area contributed by atoms with E-state index >= 15 is 0 Å². The number of aliphatic hydroxyl groups excluding tert-OH is 3. The molecule has 0 heterocycles. The first-order valence-electron chi connectivity index (χ1n) is 15.0. The Morgan fingerprint density at radius 1 is 1.06 bits per heavy atom. The lowest BCUT2D eigenvalue weighted by molar-refractivity contribution is 0.0862. The zero-order valence-corrected chi connectivity index (χ0v) is 23.2. The molecule has 3 N–H and O–H groups in total. The second-order valence-corrected chi connectivity index (χ2v) is 13.0. The summed E-state index contributed by atoms with van der Waals surface area (Å²) >= 11 is 0. The van der Waals surface area contributed by atoms with Gasteiger partial charge in [-0.2, -0.15) is 0 Å². The summed E-state index contributed by atoms with van der Waals surface area (Å²) in [6.45, 7) is 11.2. The molecule has 4 aliphatic rings. The lowest BCUT2D eigenvalue weighted by Gasteiger charge is -2.44. The third-order valence-electron chi connectivity index (χ3n) is 10.6. The maximum Gasteiger partial charge on any atom is 0.0811 e. The molecule has 36 heavy (non-hydrogen) atoms. The van der Waals surface area contributed by atoms with Gasteiger partial charge >= 0.3 is 0 Å². The Morgan fingerprint density at radius 2 is 1.83 bits per heavy atom. The van der Waals surface area contributed by atoms with Gasteiger partial charge in [-0.3, -0.25) is 0 Å². The van der Waals surface area contributed by atoms with Crippen LogP contribution in [0, 0.1) is 28.6 Å². The average molecular weight is 497 g/mol. The Morgan fingerprint density at radius 3 is 2.56 bits per heavy atom. The highest BCUT2D eigenvalue weighted by atomic mass is 16.3. The van der Waals surface area contributed by atoms with Crippen LogP contribution in [0.2, 0.25) is 0 Å². The average Bonchev–Trinajstić information content (AvgIpc) is 3.55. The molecule has 3 nitrogen and oxygen atoms in total. The molecule has 0 aliphatic heterocycles. The summed E-state index contributed by atoms with van der Waals surface area (Å²) in [6.07, 6.45) is 23.4. The van der Waals surface area contributed by atoms with Crippen molar-refractivity contribution in [2.75, 3.05) is 0 Å². The van der Waals surface area contributed by atoms with Crippen LogP contribution < -0.4 is 0 Å². The SMILES string of the molecule is C=C1C(=CC=C2CCC[C@]3(C)[C@@H]([C@H](C)C=C[C@H](O)C4(CCCCCC)CC4)CC[C@@H]23)C[C@@H](O)C[C@@H]1O. The van der Waals surface area contributed by atoms with Crippen LogP contribution in [-0.4, -0.2) is 33.6 Å². The summed E-state index contributed by atoms with van der Waals surface area (Å²) in [5.74, 6) is 1.73. The number of aliphatic hydroxyl groups is 3. The molecule has 202 valence electrons. The minimum atomic E-state index is -0.625. The highest BCUT2D eigenvalue weighted by molar-refractivity contribution is 5.38. The van der Waals surface area contributed by atoms with E-state index < -0.39 is 12.2 Å². The van der Waals surface area contributed by atoms with Crippen molar-refractivity contribution in [1.82, 2.24) is 0 Å². The second kappa shape index (κ2) is 11.7. The van der Waals surface area contributed by atoms with Crippen molar-refractivity contribution in [3.63, 3.8) is 0 Å². The predicted molar refractivity (Wildman–Crippen MR) is 149 cm³/mol. The molecular formula is C33H52O3. The topological polar surface area (TPSA) is 60.7 Å². The van der Waals surface area contributed by atoms with Crippen LogP contribution in [0.5, 0.6) is 0 Å². The van der Waals surface area contributed by atoms with Crippen molar-refractivity contribution in [2.24, 2.45) is 28.6 Å². The van der Waals surface area contributed by atoms with E-state index in [1.54, 1.807) is 5.57 Å². The highest BCUT2D eigenvalue weighted by Gasteiger charge is 2.51. The summed E-state index contributed by atoms with van der Waals surface area (Å²) in [5, 5.41) is 31.4. The van der Waals surface area contributed by atoms with Crippen molar-refractivity contribution < 1.29 is 15.3 Å². The molecule has 7 atom stereocenters. The molecule has 0 aromatic rings. The van der Waals surface area contributed by atoms with Gasteiger partial charge in [-0.1, -0.05) is 82.9 Å². The molecule has 0 saturated heterocycles. The number of fused-ring (bicyclic) bond motifs is 1. The molecule has 0 aromatic heterocycles. The van der Waals surface area contributed by atoms with Gasteiger partial charge in [0.1, 0.15) is 0 Å². The monoisotopic (exact) mass is 496 g/mol. The molecule has 4 saturated carbocycles. The van der Waals surface area contributed by atoms with Crippen LogP contribution in [0.3, 0.4) is 0 Å². The van der Waals surface area contributed by atoms with Gasteiger partial charge in [0.15, 0.2) is 0 Å². The Bertz CT molecular complexity index is 862. The van der Waals surface area contributed by atoms with Gasteiger partial charge < -0.3 is 15.3 Å². The molecule has 0 amide bonds. The Kier molecular flexibility index (Phi) is 9.06. The normalized spacial score (nSPS) is 38.0. The predicted octanol–water partition coefficient (Wildman–Crippen LogP) is 7.43. The van der Waals surface area contributed by atoms with E-state index in [1.807, 2.05) is 0 Å². The van der Waals surface area contributed by atoms with Crippen molar-refractivity contribution in [3.05, 3.63) is 47.6 Å². The van der Waals surface area contributed by atoms with Gasteiger partial charge in [0, 0.05) is 6.42 Å². The maximum atomic E-state index is 11.0. The Labute approximate surface area is 220 Å². The first-order valence-corrected chi connectivity index (χ1v) is 15.0. The van der Waals surface area contributed by atoms with Crippen LogP contribution in [0.1, 0.15) is 111 Å². The first kappa shape index (κ1) is 27.9. The zero-order chi connectivity index (χ0) is 25.9. The van der Waals surface area contributed by atoms with Crippen LogP contribution in [0.15, 0.2) is 47.6 Å². The van der Waals surface area contributed by atoms with Crippen molar-refractivity contribution in [1.29, 1.82) is 0 Å². The summed E-state index contributed by atoms with van der Waals surface area (Å²) in [7, 11) is 0. The van der Waals surface area contributed by atoms with E-state index in [4.69, 9.17) is 0 Å². The summed E-state index contributed by atoms with van der Waals surface area (Å²) < 4.78 is 0. The molecule has 0 unspecified atom stereocenters. The molecule has 0 radical (unpaired) electrons. The molecular weight excluding hydrogens is 444 g/mol. The van der Waals surface area contributed by atoms with Crippen molar-refractivity contribution in [2.45, 2.75) is 129 Å². The van der Waals surface area contributed by atoms with Gasteiger partial charge in [0.25, 0.3) is 0 Å². The fourth-order valence-corrected chi connectivity index (χ4v) is 7.99. The molecule has 4 fully saturated rings. The van der Waals surface area contributed by atoms with E-state index in [0.29, 0.717) is 36.0 Å². The smallest absolute Gasteiger partial charge is 0.0811 e. The van der Waals surface area contributed by atoms with Crippen LogP contribution in [0.25, 0.3) is 0 Å². The fourth-order valence-electron chi connectivity index (χ4n) is 7.99. The van der Waals surface area contributed by atoms with Gasteiger partial charge in [0.2, 0.25) is 0 Å². The fraction of sp³-hybridized carbons (Fsp3) is 0.758. The largest absolute Gasteiger partial charge is 0.393 e.